The summed E-state index contributed by atoms with van der Waals surface area (Å²) in [4.78, 5) is 6.46. The lowest BCUT2D eigenvalue weighted by Gasteiger charge is -2.25. The lowest BCUT2D eigenvalue weighted by atomic mass is 10.1. The van der Waals surface area contributed by atoms with E-state index in [1.165, 1.54) is 6.07 Å². The Labute approximate surface area is 197 Å². The molecule has 0 bridgehead atoms. The third kappa shape index (κ3) is 3.37. The summed E-state index contributed by atoms with van der Waals surface area (Å²) >= 11 is 0. The fraction of sp³-hybridized carbons (Fsp3) is 0.320. The molecule has 2 aliphatic rings. The average Bonchev–Trinajstić information content (AvgIpc) is 3.58. The Morgan fingerprint density at radius 3 is 2.66 bits per heavy atom. The summed E-state index contributed by atoms with van der Waals surface area (Å²) in [5.74, 6) is 6.30. The smallest absolute Gasteiger partial charge is 0.405 e. The van der Waals surface area contributed by atoms with Crippen molar-refractivity contribution < 1.29 is 22.3 Å². The third-order valence-corrected chi connectivity index (χ3v) is 6.51. The number of halogens is 4. The van der Waals surface area contributed by atoms with E-state index in [1.807, 2.05) is 4.90 Å². The van der Waals surface area contributed by atoms with Crippen LogP contribution in [0.1, 0.15) is 30.7 Å². The number of aryl methyl sites for hydroxylation is 1. The van der Waals surface area contributed by atoms with Crippen LogP contribution in [0.4, 0.5) is 29.1 Å². The van der Waals surface area contributed by atoms with Gasteiger partial charge in [0, 0.05) is 6.54 Å². The van der Waals surface area contributed by atoms with Crippen LogP contribution in [-0.2, 0) is 0 Å². The van der Waals surface area contributed by atoms with Gasteiger partial charge in [-0.05, 0) is 50.5 Å². The lowest BCUT2D eigenvalue weighted by Crippen LogP contribution is -2.22. The van der Waals surface area contributed by atoms with Gasteiger partial charge in [0.05, 0.1) is 28.8 Å². The van der Waals surface area contributed by atoms with Crippen LogP contribution in [0, 0.1) is 30.0 Å². The van der Waals surface area contributed by atoms with E-state index in [0.29, 0.717) is 64.9 Å². The van der Waals surface area contributed by atoms with E-state index >= 15 is 4.39 Å². The molecule has 1 fully saturated rings. The number of hydrogen-bond donors (Lipinski definition) is 0. The molecule has 1 aliphatic carbocycles. The maximum atomic E-state index is 15.2. The Morgan fingerprint density at radius 1 is 1.09 bits per heavy atom. The van der Waals surface area contributed by atoms with Crippen LogP contribution < -0.4 is 9.64 Å². The summed E-state index contributed by atoms with van der Waals surface area (Å²) in [5.41, 5.74) is -0.466. The molecule has 0 atom stereocenters. The van der Waals surface area contributed by atoms with Crippen LogP contribution in [0.5, 0.6) is 5.75 Å². The van der Waals surface area contributed by atoms with Crippen molar-refractivity contribution in [1.29, 1.82) is 0 Å². The number of para-hydroxylation sites is 1. The van der Waals surface area contributed by atoms with Gasteiger partial charge in [0.1, 0.15) is 22.9 Å². The highest BCUT2D eigenvalue weighted by Gasteiger charge is 2.62. The van der Waals surface area contributed by atoms with E-state index in [0.717, 1.165) is 0 Å². The van der Waals surface area contributed by atoms with E-state index in [-0.39, 0.29) is 12.8 Å². The predicted octanol–water partition coefficient (Wildman–Crippen LogP) is 5.34. The molecule has 0 amide bonds. The maximum Gasteiger partial charge on any atom is 0.405 e. The van der Waals surface area contributed by atoms with Crippen LogP contribution in [0.2, 0.25) is 0 Å². The van der Waals surface area contributed by atoms with Crippen molar-refractivity contribution in [2.24, 2.45) is 5.41 Å². The molecule has 1 saturated carbocycles. The number of hydrogen-bond acceptors (Lipinski definition) is 5. The summed E-state index contributed by atoms with van der Waals surface area (Å²) in [7, 11) is 0. The lowest BCUT2D eigenvalue weighted by molar-refractivity contribution is -0.168. The number of fused-ring (bicyclic) bond motifs is 4. The van der Waals surface area contributed by atoms with Crippen LogP contribution in [0.3, 0.4) is 0 Å². The standard InChI is InChI=1S/C25H19F4N5O/c1-15-31-32-23-30-22(20-17(26)6-3-7-18(20)34(15)23)33-13-4-14-35-21-16(5-2-8-19(21)33)9-10-24(11-12-24)25(27,28)29/h2-3,5-8H,4,11-14H2,1H3. The van der Waals surface area contributed by atoms with Crippen LogP contribution >= 0.6 is 0 Å². The first-order chi connectivity index (χ1) is 16.8. The Balaban J connectivity index is 1.54. The summed E-state index contributed by atoms with van der Waals surface area (Å²) in [5, 5.41) is 8.51. The molecule has 0 spiro atoms. The highest BCUT2D eigenvalue weighted by Crippen LogP contribution is 2.57. The zero-order chi connectivity index (χ0) is 24.4. The second-order valence-electron chi connectivity index (χ2n) is 8.79. The molecule has 178 valence electrons. The number of rotatable bonds is 1. The molecule has 2 aromatic carbocycles. The normalized spacial score (nSPS) is 16.9. The monoisotopic (exact) mass is 481 g/mol. The second-order valence-corrected chi connectivity index (χ2v) is 8.79. The van der Waals surface area contributed by atoms with Crippen molar-refractivity contribution >= 4 is 28.2 Å². The van der Waals surface area contributed by atoms with Crippen molar-refractivity contribution in [3.63, 3.8) is 0 Å². The average molecular weight is 481 g/mol. The molecule has 6 rings (SSSR count). The topological polar surface area (TPSA) is 55.5 Å². The Bertz CT molecular complexity index is 1550. The number of anilines is 2. The molecule has 0 radical (unpaired) electrons. The zero-order valence-electron chi connectivity index (χ0n) is 18.7. The van der Waals surface area contributed by atoms with Gasteiger partial charge in [0.2, 0.25) is 0 Å². The van der Waals surface area contributed by atoms with E-state index < -0.39 is 17.4 Å². The first-order valence-electron chi connectivity index (χ1n) is 11.2. The van der Waals surface area contributed by atoms with Gasteiger partial charge in [0.15, 0.2) is 5.75 Å². The van der Waals surface area contributed by atoms with Crippen LogP contribution in [-0.4, -0.2) is 38.9 Å². The van der Waals surface area contributed by atoms with Crippen LogP contribution in [0.15, 0.2) is 36.4 Å². The van der Waals surface area contributed by atoms with Gasteiger partial charge in [-0.3, -0.25) is 4.40 Å². The number of ether oxygens (including phenoxy) is 1. The Hall–Kier alpha value is -3.87. The molecule has 0 unspecified atom stereocenters. The minimum absolute atomic E-state index is 0.00152. The van der Waals surface area contributed by atoms with E-state index in [1.54, 1.807) is 41.7 Å². The van der Waals surface area contributed by atoms with Gasteiger partial charge < -0.3 is 9.64 Å². The molecule has 10 heteroatoms. The van der Waals surface area contributed by atoms with Crippen molar-refractivity contribution in [2.75, 3.05) is 18.1 Å². The summed E-state index contributed by atoms with van der Waals surface area (Å²) in [6.45, 7) is 2.55. The second kappa shape index (κ2) is 7.57. The number of nitrogens with zero attached hydrogens (tertiary/aromatic N) is 5. The minimum Gasteiger partial charge on any atom is -0.490 e. The van der Waals surface area contributed by atoms with Crippen LogP contribution in [0.25, 0.3) is 16.7 Å². The van der Waals surface area contributed by atoms with Gasteiger partial charge in [-0.2, -0.15) is 18.2 Å². The molecule has 35 heavy (non-hydrogen) atoms. The predicted molar refractivity (Wildman–Crippen MR) is 121 cm³/mol. The van der Waals surface area contributed by atoms with Crippen molar-refractivity contribution in [3.05, 3.63) is 53.6 Å². The molecule has 1 aliphatic heterocycles. The van der Waals surface area contributed by atoms with Crippen molar-refractivity contribution in [3.8, 4) is 17.6 Å². The largest absolute Gasteiger partial charge is 0.490 e. The molecule has 0 N–H and O–H groups in total. The fourth-order valence-electron chi connectivity index (χ4n) is 4.49. The number of aromatic nitrogens is 4. The van der Waals surface area contributed by atoms with Gasteiger partial charge >= 0.3 is 6.18 Å². The van der Waals surface area contributed by atoms with Gasteiger partial charge in [0.25, 0.3) is 5.78 Å². The molecule has 4 aromatic rings. The highest BCUT2D eigenvalue weighted by atomic mass is 19.4. The molecular formula is C25H19F4N5O. The first kappa shape index (κ1) is 21.6. The molecule has 3 heterocycles. The molecule has 6 nitrogen and oxygen atoms in total. The summed E-state index contributed by atoms with van der Waals surface area (Å²) in [6.07, 6.45) is -3.79. The maximum absolute atomic E-state index is 15.2. The zero-order valence-corrected chi connectivity index (χ0v) is 18.7. The van der Waals surface area contributed by atoms with E-state index in [2.05, 4.69) is 27.0 Å². The third-order valence-electron chi connectivity index (χ3n) is 6.51. The highest BCUT2D eigenvalue weighted by molar-refractivity contribution is 5.95. The quantitative estimate of drug-likeness (QED) is 0.271. The summed E-state index contributed by atoms with van der Waals surface area (Å²) < 4.78 is 63.1. The van der Waals surface area contributed by atoms with Crippen molar-refractivity contribution in [1.82, 2.24) is 19.6 Å². The van der Waals surface area contributed by atoms with Gasteiger partial charge in [-0.15, -0.1) is 10.2 Å². The van der Waals surface area contributed by atoms with E-state index in [4.69, 9.17) is 4.74 Å². The summed E-state index contributed by atoms with van der Waals surface area (Å²) in [6, 6.07) is 9.87. The molecule has 2 aromatic heterocycles. The molecule has 0 saturated heterocycles. The molecular weight excluding hydrogens is 462 g/mol. The van der Waals surface area contributed by atoms with Crippen molar-refractivity contribution in [2.45, 2.75) is 32.4 Å². The van der Waals surface area contributed by atoms with Gasteiger partial charge in [-0.25, -0.2) is 4.39 Å². The fourth-order valence-corrected chi connectivity index (χ4v) is 4.49. The minimum atomic E-state index is -4.37. The number of alkyl halides is 3. The first-order valence-corrected chi connectivity index (χ1v) is 11.2. The number of benzene rings is 2. The Kier molecular flexibility index (Phi) is 4.68. The van der Waals surface area contributed by atoms with E-state index in [9.17, 15) is 13.2 Å². The SMILES string of the molecule is Cc1nnc2nc(N3CCCOc4c(C#CC5(C(F)(F)F)CC5)cccc43)c3c(F)cccc3n12. The Morgan fingerprint density at radius 2 is 1.89 bits per heavy atom. The van der Waals surface area contributed by atoms with Gasteiger partial charge in [-0.1, -0.05) is 24.0 Å².